The highest BCUT2D eigenvalue weighted by molar-refractivity contribution is 5.81. The Hall–Kier alpha value is -2.45. The first kappa shape index (κ1) is 20.3. The van der Waals surface area contributed by atoms with E-state index in [0.717, 1.165) is 19.3 Å². The average Bonchev–Trinajstić information content (AvgIpc) is 2.96. The lowest BCUT2D eigenvalue weighted by atomic mass is 9.65. The van der Waals surface area contributed by atoms with E-state index in [0.29, 0.717) is 6.54 Å². The number of likely N-dealkylation sites (tertiary alicyclic amines) is 1. The standard InChI is InChI=1S/C19H28N4O5/c1-12-17(23(26)27)13(2)22(20-12)8-16(25)28-9-15(24)21-11-19(5)7-14(21)6-18(3,4)10-19/h14H,6-11H2,1-5H3/t14-,19-/m0/s1. The van der Waals surface area contributed by atoms with Crippen LogP contribution in [0.15, 0.2) is 0 Å². The minimum atomic E-state index is -0.637. The van der Waals surface area contributed by atoms with Gasteiger partial charge >= 0.3 is 11.7 Å². The maximum atomic E-state index is 12.6. The number of fused-ring (bicyclic) bond motifs is 2. The Morgan fingerprint density at radius 2 is 1.96 bits per heavy atom. The lowest BCUT2D eigenvalue weighted by Gasteiger charge is -2.39. The van der Waals surface area contributed by atoms with Crippen LogP contribution in [0.5, 0.6) is 0 Å². The normalized spacial score (nSPS) is 25.6. The largest absolute Gasteiger partial charge is 0.454 e. The molecule has 28 heavy (non-hydrogen) atoms. The zero-order chi connectivity index (χ0) is 20.9. The summed E-state index contributed by atoms with van der Waals surface area (Å²) in [7, 11) is 0. The summed E-state index contributed by atoms with van der Waals surface area (Å²) in [6.07, 6.45) is 3.03. The van der Waals surface area contributed by atoms with Gasteiger partial charge in [-0.15, -0.1) is 0 Å². The van der Waals surface area contributed by atoms with Crippen molar-refractivity contribution in [3.8, 4) is 0 Å². The third-order valence-corrected chi connectivity index (χ3v) is 5.90. The quantitative estimate of drug-likeness (QED) is 0.432. The van der Waals surface area contributed by atoms with Crippen LogP contribution in [0.25, 0.3) is 0 Å². The van der Waals surface area contributed by atoms with Gasteiger partial charge in [-0.05, 0) is 43.9 Å². The number of amides is 1. The van der Waals surface area contributed by atoms with Crippen molar-refractivity contribution >= 4 is 17.6 Å². The number of carbonyl (C=O) groups excluding carboxylic acids is 2. The third-order valence-electron chi connectivity index (χ3n) is 5.90. The first-order chi connectivity index (χ1) is 12.9. The van der Waals surface area contributed by atoms with Crippen LogP contribution in [-0.4, -0.2) is 50.7 Å². The Labute approximate surface area is 164 Å². The van der Waals surface area contributed by atoms with Gasteiger partial charge in [0.2, 0.25) is 0 Å². The summed E-state index contributed by atoms with van der Waals surface area (Å²) in [5.74, 6) is -0.818. The first-order valence-electron chi connectivity index (χ1n) is 9.54. The van der Waals surface area contributed by atoms with E-state index < -0.39 is 10.9 Å². The molecule has 1 aliphatic carbocycles. The molecule has 0 spiro atoms. The van der Waals surface area contributed by atoms with E-state index in [2.05, 4.69) is 25.9 Å². The van der Waals surface area contributed by atoms with E-state index in [-0.39, 0.29) is 53.0 Å². The smallest absolute Gasteiger partial charge is 0.328 e. The molecule has 0 N–H and O–H groups in total. The summed E-state index contributed by atoms with van der Waals surface area (Å²) in [6.45, 7) is 9.86. The van der Waals surface area contributed by atoms with Crippen LogP contribution in [0.4, 0.5) is 5.69 Å². The Kier molecular flexibility index (Phi) is 4.97. The minimum Gasteiger partial charge on any atom is -0.454 e. The fourth-order valence-electron chi connectivity index (χ4n) is 5.25. The van der Waals surface area contributed by atoms with Crippen molar-refractivity contribution in [1.82, 2.24) is 14.7 Å². The number of nitrogens with zero attached hydrogens (tertiary/aromatic N) is 4. The molecule has 154 valence electrons. The molecule has 2 fully saturated rings. The molecule has 0 radical (unpaired) electrons. The topological polar surface area (TPSA) is 108 Å². The van der Waals surface area contributed by atoms with Crippen molar-refractivity contribution in [2.24, 2.45) is 10.8 Å². The molecule has 1 aliphatic heterocycles. The fourth-order valence-corrected chi connectivity index (χ4v) is 5.25. The second-order valence-corrected chi connectivity index (χ2v) is 9.33. The van der Waals surface area contributed by atoms with E-state index in [1.165, 1.54) is 18.5 Å². The predicted molar refractivity (Wildman–Crippen MR) is 101 cm³/mol. The van der Waals surface area contributed by atoms with Crippen molar-refractivity contribution < 1.29 is 19.2 Å². The Morgan fingerprint density at radius 1 is 1.29 bits per heavy atom. The maximum Gasteiger partial charge on any atom is 0.328 e. The number of rotatable bonds is 5. The molecule has 0 aromatic carbocycles. The number of hydrogen-bond donors (Lipinski definition) is 0. The summed E-state index contributed by atoms with van der Waals surface area (Å²) in [5, 5.41) is 15.1. The highest BCUT2D eigenvalue weighted by Gasteiger charge is 2.50. The molecular formula is C19H28N4O5. The van der Waals surface area contributed by atoms with Gasteiger partial charge in [0, 0.05) is 12.6 Å². The van der Waals surface area contributed by atoms with Crippen molar-refractivity contribution in [3.05, 3.63) is 21.5 Å². The van der Waals surface area contributed by atoms with E-state index in [4.69, 9.17) is 4.74 Å². The SMILES string of the molecule is Cc1nn(CC(=O)OCC(=O)N2C[C@@]3(C)C[C@@H]2CC(C)(C)C3)c(C)c1[N+](=O)[O-]. The average molecular weight is 392 g/mol. The number of aromatic nitrogens is 2. The third kappa shape index (κ3) is 3.88. The summed E-state index contributed by atoms with van der Waals surface area (Å²) < 4.78 is 6.40. The number of carbonyl (C=O) groups is 2. The van der Waals surface area contributed by atoms with Crippen LogP contribution in [-0.2, 0) is 20.9 Å². The van der Waals surface area contributed by atoms with E-state index in [1.54, 1.807) is 0 Å². The van der Waals surface area contributed by atoms with Crippen molar-refractivity contribution in [3.63, 3.8) is 0 Å². The van der Waals surface area contributed by atoms with Gasteiger partial charge in [-0.2, -0.15) is 5.10 Å². The number of ether oxygens (including phenoxy) is 1. The molecule has 1 saturated carbocycles. The molecule has 1 amide bonds. The molecule has 2 atom stereocenters. The van der Waals surface area contributed by atoms with E-state index in [9.17, 15) is 19.7 Å². The van der Waals surface area contributed by atoms with Crippen molar-refractivity contribution in [2.45, 2.75) is 66.5 Å². The molecular weight excluding hydrogens is 364 g/mol. The number of aryl methyl sites for hydroxylation is 1. The zero-order valence-electron chi connectivity index (χ0n) is 17.2. The monoisotopic (exact) mass is 392 g/mol. The van der Waals surface area contributed by atoms with Gasteiger partial charge in [0.1, 0.15) is 17.9 Å². The maximum absolute atomic E-state index is 12.6. The van der Waals surface area contributed by atoms with E-state index >= 15 is 0 Å². The van der Waals surface area contributed by atoms with Crippen LogP contribution in [0, 0.1) is 34.8 Å². The van der Waals surface area contributed by atoms with E-state index in [1.807, 2.05) is 4.90 Å². The predicted octanol–water partition coefficient (Wildman–Crippen LogP) is 2.38. The number of esters is 1. The van der Waals surface area contributed by atoms with Gasteiger partial charge in [0.25, 0.3) is 5.91 Å². The number of hydrogen-bond acceptors (Lipinski definition) is 6. The number of nitro groups is 1. The minimum absolute atomic E-state index is 0.107. The molecule has 2 aliphatic rings. The molecule has 1 aromatic heterocycles. The van der Waals surface area contributed by atoms with Gasteiger partial charge in [-0.25, -0.2) is 0 Å². The molecule has 2 bridgehead atoms. The second kappa shape index (κ2) is 6.86. The van der Waals surface area contributed by atoms with Gasteiger partial charge < -0.3 is 9.64 Å². The highest BCUT2D eigenvalue weighted by Crippen LogP contribution is 2.52. The highest BCUT2D eigenvalue weighted by atomic mass is 16.6. The lowest BCUT2D eigenvalue weighted by molar-refractivity contribution is -0.386. The Morgan fingerprint density at radius 3 is 2.57 bits per heavy atom. The Balaban J connectivity index is 1.58. The second-order valence-electron chi connectivity index (χ2n) is 9.33. The first-order valence-corrected chi connectivity index (χ1v) is 9.54. The van der Waals surface area contributed by atoms with Crippen LogP contribution < -0.4 is 0 Å². The molecule has 0 unspecified atom stereocenters. The summed E-state index contributed by atoms with van der Waals surface area (Å²) in [5.41, 5.74) is 0.743. The fraction of sp³-hybridized carbons (Fsp3) is 0.737. The summed E-state index contributed by atoms with van der Waals surface area (Å²) >= 11 is 0. The molecule has 9 heteroatoms. The summed E-state index contributed by atoms with van der Waals surface area (Å²) in [6, 6.07) is 0.193. The van der Waals surface area contributed by atoms with Gasteiger partial charge in [-0.3, -0.25) is 24.4 Å². The summed E-state index contributed by atoms with van der Waals surface area (Å²) in [4.78, 5) is 37.2. The molecule has 3 rings (SSSR count). The van der Waals surface area contributed by atoms with Crippen molar-refractivity contribution in [2.75, 3.05) is 13.2 Å². The molecule has 2 heterocycles. The van der Waals surface area contributed by atoms with Gasteiger partial charge in [0.05, 0.1) is 4.92 Å². The van der Waals surface area contributed by atoms with Crippen LogP contribution in [0.2, 0.25) is 0 Å². The molecule has 1 aromatic rings. The van der Waals surface area contributed by atoms with Gasteiger partial charge in [0.15, 0.2) is 6.61 Å². The Bertz CT molecular complexity index is 831. The zero-order valence-corrected chi connectivity index (χ0v) is 17.2. The van der Waals surface area contributed by atoms with Crippen LogP contribution >= 0.6 is 0 Å². The van der Waals surface area contributed by atoms with Crippen LogP contribution in [0.3, 0.4) is 0 Å². The molecule has 1 saturated heterocycles. The van der Waals surface area contributed by atoms with Crippen LogP contribution in [0.1, 0.15) is 51.4 Å². The molecule has 9 nitrogen and oxygen atoms in total. The lowest BCUT2D eigenvalue weighted by Crippen LogP contribution is -2.40. The van der Waals surface area contributed by atoms with Crippen molar-refractivity contribution in [1.29, 1.82) is 0 Å². The van der Waals surface area contributed by atoms with Gasteiger partial charge in [-0.1, -0.05) is 20.8 Å².